The first kappa shape index (κ1) is 15.2. The molecule has 4 nitrogen and oxygen atoms in total. The van der Waals surface area contributed by atoms with Crippen molar-refractivity contribution in [3.8, 4) is 0 Å². The molecule has 1 amide bonds. The number of ether oxygens (including phenoxy) is 1. The SMILES string of the molecule is CCCC(=O)C(CC)OC(=O)N(C)c1ccccc1. The minimum atomic E-state index is -0.640. The van der Waals surface area contributed by atoms with Crippen molar-refractivity contribution < 1.29 is 14.3 Å². The van der Waals surface area contributed by atoms with Gasteiger partial charge in [-0.3, -0.25) is 9.69 Å². The van der Waals surface area contributed by atoms with Gasteiger partial charge in [0.25, 0.3) is 0 Å². The molecule has 0 saturated heterocycles. The summed E-state index contributed by atoms with van der Waals surface area (Å²) in [6, 6.07) is 9.20. The van der Waals surface area contributed by atoms with Crippen molar-refractivity contribution in [2.75, 3.05) is 11.9 Å². The summed E-state index contributed by atoms with van der Waals surface area (Å²) in [5.74, 6) is -0.0141. The standard InChI is InChI=1S/C15H21NO3/c1-4-9-13(17)14(5-2)19-15(18)16(3)12-10-7-6-8-11-12/h6-8,10-11,14H,4-5,9H2,1-3H3. The van der Waals surface area contributed by atoms with Gasteiger partial charge in [0.1, 0.15) is 0 Å². The highest BCUT2D eigenvalue weighted by Crippen LogP contribution is 2.14. The van der Waals surface area contributed by atoms with Crippen molar-refractivity contribution in [1.29, 1.82) is 0 Å². The number of ketones is 1. The third-order valence-electron chi connectivity index (χ3n) is 2.89. The topological polar surface area (TPSA) is 46.6 Å². The summed E-state index contributed by atoms with van der Waals surface area (Å²) in [4.78, 5) is 25.2. The molecule has 1 rings (SSSR count). The molecule has 0 radical (unpaired) electrons. The van der Waals surface area contributed by atoms with Crippen LogP contribution in [0.3, 0.4) is 0 Å². The number of hydrogen-bond donors (Lipinski definition) is 0. The van der Waals surface area contributed by atoms with E-state index in [4.69, 9.17) is 4.74 Å². The quantitative estimate of drug-likeness (QED) is 0.790. The number of nitrogens with zero attached hydrogens (tertiary/aromatic N) is 1. The Hall–Kier alpha value is -1.84. The second kappa shape index (κ2) is 7.56. The van der Waals surface area contributed by atoms with Crippen LogP contribution in [0, 0.1) is 0 Å². The molecule has 0 heterocycles. The van der Waals surface area contributed by atoms with Crippen molar-refractivity contribution in [2.24, 2.45) is 0 Å². The van der Waals surface area contributed by atoms with E-state index in [0.717, 1.165) is 12.1 Å². The van der Waals surface area contributed by atoms with Crippen LogP contribution in [0.15, 0.2) is 30.3 Å². The van der Waals surface area contributed by atoms with Crippen molar-refractivity contribution in [3.05, 3.63) is 30.3 Å². The van der Waals surface area contributed by atoms with Gasteiger partial charge in [0.05, 0.1) is 0 Å². The minimum Gasteiger partial charge on any atom is -0.438 e. The van der Waals surface area contributed by atoms with Crippen LogP contribution in [0.25, 0.3) is 0 Å². The average molecular weight is 263 g/mol. The van der Waals surface area contributed by atoms with Gasteiger partial charge in [-0.2, -0.15) is 0 Å². The summed E-state index contributed by atoms with van der Waals surface area (Å²) in [5, 5.41) is 0. The van der Waals surface area contributed by atoms with Crippen LogP contribution in [0.2, 0.25) is 0 Å². The Morgan fingerprint density at radius 2 is 1.84 bits per heavy atom. The summed E-state index contributed by atoms with van der Waals surface area (Å²) in [6.07, 6.45) is 0.580. The van der Waals surface area contributed by atoms with Crippen LogP contribution in [-0.4, -0.2) is 25.0 Å². The number of carbonyl (C=O) groups excluding carboxylic acids is 2. The maximum atomic E-state index is 12.0. The van der Waals surface area contributed by atoms with Gasteiger partial charge in [-0.05, 0) is 25.0 Å². The zero-order valence-corrected chi connectivity index (χ0v) is 11.8. The van der Waals surface area contributed by atoms with Crippen LogP contribution >= 0.6 is 0 Å². The van der Waals surface area contributed by atoms with Crippen molar-refractivity contribution in [1.82, 2.24) is 0 Å². The zero-order chi connectivity index (χ0) is 14.3. The van der Waals surface area contributed by atoms with Gasteiger partial charge in [-0.25, -0.2) is 4.79 Å². The highest BCUT2D eigenvalue weighted by Gasteiger charge is 2.22. The number of para-hydroxylation sites is 1. The molecular weight excluding hydrogens is 242 g/mol. The highest BCUT2D eigenvalue weighted by atomic mass is 16.6. The lowest BCUT2D eigenvalue weighted by atomic mass is 10.1. The molecule has 0 aliphatic heterocycles. The Morgan fingerprint density at radius 1 is 1.21 bits per heavy atom. The fourth-order valence-electron chi connectivity index (χ4n) is 1.74. The molecule has 19 heavy (non-hydrogen) atoms. The average Bonchev–Trinajstić information content (AvgIpc) is 2.44. The predicted octanol–water partition coefficient (Wildman–Crippen LogP) is 3.41. The number of Topliss-reactive ketones (excluding diaryl/α,β-unsaturated/α-hetero) is 1. The fourth-order valence-corrected chi connectivity index (χ4v) is 1.74. The van der Waals surface area contributed by atoms with Crippen LogP contribution in [-0.2, 0) is 9.53 Å². The maximum absolute atomic E-state index is 12.0. The summed E-state index contributed by atoms with van der Waals surface area (Å²) >= 11 is 0. The van der Waals surface area contributed by atoms with E-state index in [1.54, 1.807) is 7.05 Å². The van der Waals surface area contributed by atoms with E-state index in [1.807, 2.05) is 44.2 Å². The summed E-state index contributed by atoms with van der Waals surface area (Å²) in [5.41, 5.74) is 0.741. The van der Waals surface area contributed by atoms with Crippen LogP contribution < -0.4 is 4.90 Å². The molecule has 0 aliphatic rings. The monoisotopic (exact) mass is 263 g/mol. The molecule has 1 atom stereocenters. The van der Waals surface area contributed by atoms with Gasteiger partial charge in [-0.1, -0.05) is 32.0 Å². The molecule has 4 heteroatoms. The number of amides is 1. The van der Waals surface area contributed by atoms with Gasteiger partial charge in [0.2, 0.25) is 0 Å². The lowest BCUT2D eigenvalue weighted by molar-refractivity contribution is -0.127. The summed E-state index contributed by atoms with van der Waals surface area (Å²) < 4.78 is 5.27. The first-order chi connectivity index (χ1) is 9.10. The van der Waals surface area contributed by atoms with E-state index in [2.05, 4.69) is 0 Å². The van der Waals surface area contributed by atoms with E-state index in [-0.39, 0.29) is 5.78 Å². The Labute approximate surface area is 114 Å². The largest absolute Gasteiger partial charge is 0.438 e. The summed E-state index contributed by atoms with van der Waals surface area (Å²) in [7, 11) is 1.63. The molecule has 104 valence electrons. The van der Waals surface area contributed by atoms with Crippen LogP contribution in [0.5, 0.6) is 0 Å². The normalized spacial score (nSPS) is 11.7. The molecule has 0 spiro atoms. The Bertz CT molecular complexity index is 417. The molecule has 1 aromatic rings. The van der Waals surface area contributed by atoms with E-state index in [1.165, 1.54) is 4.90 Å². The molecule has 1 unspecified atom stereocenters. The van der Waals surface area contributed by atoms with E-state index in [9.17, 15) is 9.59 Å². The van der Waals surface area contributed by atoms with E-state index < -0.39 is 12.2 Å². The lowest BCUT2D eigenvalue weighted by Crippen LogP contribution is -2.34. The molecular formula is C15H21NO3. The Morgan fingerprint density at radius 3 is 2.37 bits per heavy atom. The van der Waals surface area contributed by atoms with Gasteiger partial charge in [0.15, 0.2) is 11.9 Å². The van der Waals surface area contributed by atoms with Crippen LogP contribution in [0.1, 0.15) is 33.1 Å². The van der Waals surface area contributed by atoms with Crippen molar-refractivity contribution in [2.45, 2.75) is 39.2 Å². The Kier molecular flexibility index (Phi) is 6.06. The fraction of sp³-hybridized carbons (Fsp3) is 0.467. The maximum Gasteiger partial charge on any atom is 0.414 e. The second-order valence-corrected chi connectivity index (χ2v) is 4.39. The second-order valence-electron chi connectivity index (χ2n) is 4.39. The molecule has 0 fully saturated rings. The predicted molar refractivity (Wildman–Crippen MR) is 75.3 cm³/mol. The lowest BCUT2D eigenvalue weighted by Gasteiger charge is -2.21. The molecule has 0 aliphatic carbocycles. The molecule has 0 aromatic heterocycles. The van der Waals surface area contributed by atoms with Gasteiger partial charge >= 0.3 is 6.09 Å². The van der Waals surface area contributed by atoms with Gasteiger partial charge < -0.3 is 4.74 Å². The third-order valence-corrected chi connectivity index (χ3v) is 2.89. The number of benzene rings is 1. The van der Waals surface area contributed by atoms with Crippen LogP contribution in [0.4, 0.5) is 10.5 Å². The highest BCUT2D eigenvalue weighted by molar-refractivity contribution is 5.90. The Balaban J connectivity index is 2.65. The minimum absolute atomic E-state index is 0.0141. The van der Waals surface area contributed by atoms with Crippen molar-refractivity contribution in [3.63, 3.8) is 0 Å². The van der Waals surface area contributed by atoms with E-state index >= 15 is 0 Å². The van der Waals surface area contributed by atoms with Gasteiger partial charge in [-0.15, -0.1) is 0 Å². The first-order valence-electron chi connectivity index (χ1n) is 6.62. The molecule has 0 saturated carbocycles. The number of anilines is 1. The molecule has 0 N–H and O–H groups in total. The van der Waals surface area contributed by atoms with Crippen molar-refractivity contribution >= 4 is 17.6 Å². The number of carbonyl (C=O) groups is 2. The number of hydrogen-bond acceptors (Lipinski definition) is 3. The smallest absolute Gasteiger partial charge is 0.414 e. The first-order valence-corrected chi connectivity index (χ1v) is 6.62. The van der Waals surface area contributed by atoms with Gasteiger partial charge in [0, 0.05) is 19.2 Å². The third kappa shape index (κ3) is 4.39. The molecule has 1 aromatic carbocycles. The number of rotatable bonds is 6. The zero-order valence-electron chi connectivity index (χ0n) is 11.8. The summed E-state index contributed by atoms with van der Waals surface area (Å²) in [6.45, 7) is 3.77. The van der Waals surface area contributed by atoms with E-state index in [0.29, 0.717) is 12.8 Å². The molecule has 0 bridgehead atoms.